The number of nitrogens with zero attached hydrogens (tertiary/aromatic N) is 3. The molecule has 1 aliphatic rings. The third kappa shape index (κ3) is 10.8. The van der Waals surface area contributed by atoms with Gasteiger partial charge in [-0.3, -0.25) is 28.4 Å². The number of benzene rings is 3. The fourth-order valence-corrected chi connectivity index (χ4v) is 9.17. The largest absolute Gasteiger partial charge is 0.342 e. The van der Waals surface area contributed by atoms with Crippen LogP contribution in [0.25, 0.3) is 0 Å². The molecule has 0 bridgehead atoms. The molecule has 4 rings (SSSR count). The molecule has 0 amide bonds. The molecule has 1 aliphatic heterocycles. The Kier molecular flexibility index (Phi) is 12.5. The summed E-state index contributed by atoms with van der Waals surface area (Å²) in [4.78, 5) is 67.9. The van der Waals surface area contributed by atoms with Crippen LogP contribution in [-0.4, -0.2) is 101 Å². The van der Waals surface area contributed by atoms with Crippen LogP contribution in [0.2, 0.25) is 0 Å². The highest BCUT2D eigenvalue weighted by Gasteiger charge is 2.41. The number of hydrogen-bond donors (Lipinski definition) is 6. The highest BCUT2D eigenvalue weighted by molar-refractivity contribution is 7.53. The zero-order valence-corrected chi connectivity index (χ0v) is 27.5. The van der Waals surface area contributed by atoms with Crippen LogP contribution in [-0.2, 0) is 33.0 Å². The van der Waals surface area contributed by atoms with E-state index in [1.54, 1.807) is 106 Å². The van der Waals surface area contributed by atoms with Gasteiger partial charge in [0.05, 0.1) is 0 Å². The first-order chi connectivity index (χ1) is 21.2. The summed E-state index contributed by atoms with van der Waals surface area (Å²) in [6.45, 7) is 0.423. The van der Waals surface area contributed by atoms with Crippen LogP contribution in [0.15, 0.2) is 91.0 Å². The van der Waals surface area contributed by atoms with Crippen LogP contribution in [0.4, 0.5) is 0 Å². The topological polar surface area (TPSA) is 182 Å². The van der Waals surface area contributed by atoms with Gasteiger partial charge in [0.25, 0.3) is 0 Å². The van der Waals surface area contributed by atoms with Gasteiger partial charge < -0.3 is 29.4 Å². The van der Waals surface area contributed by atoms with Gasteiger partial charge in [0.1, 0.15) is 17.3 Å². The minimum Gasteiger partial charge on any atom is -0.323 e. The maximum Gasteiger partial charge on any atom is 0.342 e. The van der Waals surface area contributed by atoms with E-state index in [4.69, 9.17) is 0 Å². The molecule has 3 aromatic rings. The standard InChI is InChI=1S/C30H42N3O9P3/c34-43(35,36)28(22-25-10-4-1-5-11-25)31-16-18-32(29(44(37,38)39)23-26-12-6-2-7-13-26)20-21-33(19-17-31)30(45(40,41)42)24-27-14-8-3-9-15-27/h1-15,28-30H,16-24H2,(H2,34,35,36)(H2,37,38,39)(H2,40,41,42). The summed E-state index contributed by atoms with van der Waals surface area (Å²) in [5, 5.41) is 0. The summed E-state index contributed by atoms with van der Waals surface area (Å²) in [5.41, 5.74) is 2.11. The first-order valence-corrected chi connectivity index (χ1v) is 19.8. The quantitative estimate of drug-likeness (QED) is 0.154. The van der Waals surface area contributed by atoms with Crippen molar-refractivity contribution in [3.63, 3.8) is 0 Å². The molecule has 12 nitrogen and oxygen atoms in total. The average molecular weight is 682 g/mol. The molecule has 1 heterocycles. The summed E-state index contributed by atoms with van der Waals surface area (Å²) in [6.07, 6.45) is 0.0506. The Balaban J connectivity index is 1.72. The lowest BCUT2D eigenvalue weighted by molar-refractivity contribution is 0.167. The minimum absolute atomic E-state index is 0.0169. The van der Waals surface area contributed by atoms with E-state index < -0.39 is 40.1 Å². The smallest absolute Gasteiger partial charge is 0.323 e. The molecule has 0 spiro atoms. The Morgan fingerprint density at radius 2 is 0.622 bits per heavy atom. The van der Waals surface area contributed by atoms with E-state index in [0.717, 1.165) is 0 Å². The van der Waals surface area contributed by atoms with Crippen molar-refractivity contribution in [3.8, 4) is 0 Å². The second kappa shape index (κ2) is 15.7. The van der Waals surface area contributed by atoms with E-state index in [1.807, 2.05) is 0 Å². The van der Waals surface area contributed by atoms with E-state index in [1.165, 1.54) is 0 Å². The second-order valence-corrected chi connectivity index (χ2v) is 16.7. The Hall–Kier alpha value is -2.01. The van der Waals surface area contributed by atoms with E-state index in [9.17, 15) is 43.1 Å². The van der Waals surface area contributed by atoms with Gasteiger partial charge in [-0.2, -0.15) is 0 Å². The second-order valence-electron chi connectivity index (χ2n) is 11.4. The van der Waals surface area contributed by atoms with Crippen molar-refractivity contribution in [1.29, 1.82) is 0 Å². The van der Waals surface area contributed by atoms with Crippen molar-refractivity contribution in [3.05, 3.63) is 108 Å². The summed E-state index contributed by atoms with van der Waals surface area (Å²) < 4.78 is 38.8. The van der Waals surface area contributed by atoms with E-state index in [-0.39, 0.29) is 58.5 Å². The van der Waals surface area contributed by atoms with Crippen LogP contribution in [0.3, 0.4) is 0 Å². The highest BCUT2D eigenvalue weighted by atomic mass is 31.2. The number of rotatable bonds is 12. The number of hydrogen-bond acceptors (Lipinski definition) is 6. The molecular formula is C30H42N3O9P3. The lowest BCUT2D eigenvalue weighted by atomic mass is 10.1. The SMILES string of the molecule is O=P(O)(O)C(Cc1ccccc1)N1CCN(C(Cc2ccccc2)P(=O)(O)O)CCN(C(Cc2ccccc2)P(=O)(O)O)CC1. The molecule has 0 saturated carbocycles. The summed E-state index contributed by atoms with van der Waals surface area (Å²) in [5.74, 6) is -3.77. The van der Waals surface area contributed by atoms with Gasteiger partial charge in [0.2, 0.25) is 0 Å². The lowest BCUT2D eigenvalue weighted by Gasteiger charge is -2.35. The fraction of sp³-hybridized carbons (Fsp3) is 0.400. The molecule has 1 fully saturated rings. The molecule has 45 heavy (non-hydrogen) atoms. The lowest BCUT2D eigenvalue weighted by Crippen LogP contribution is -2.46. The van der Waals surface area contributed by atoms with Crippen molar-refractivity contribution in [2.45, 2.75) is 36.6 Å². The van der Waals surface area contributed by atoms with Gasteiger partial charge in [-0.1, -0.05) is 91.0 Å². The van der Waals surface area contributed by atoms with Crippen molar-refractivity contribution >= 4 is 22.8 Å². The zero-order valence-electron chi connectivity index (χ0n) is 24.8. The van der Waals surface area contributed by atoms with Crippen molar-refractivity contribution in [2.75, 3.05) is 39.3 Å². The average Bonchev–Trinajstić information content (AvgIpc) is 3.08. The summed E-state index contributed by atoms with van der Waals surface area (Å²) in [6, 6.07) is 26.7. The van der Waals surface area contributed by atoms with Crippen LogP contribution in [0.1, 0.15) is 16.7 Å². The molecule has 0 radical (unpaired) electrons. The van der Waals surface area contributed by atoms with Gasteiger partial charge in [-0.05, 0) is 36.0 Å². The first-order valence-electron chi connectivity index (χ1n) is 14.7. The molecular weight excluding hydrogens is 639 g/mol. The molecule has 3 atom stereocenters. The first kappa shape index (κ1) is 35.8. The van der Waals surface area contributed by atoms with Crippen LogP contribution in [0.5, 0.6) is 0 Å². The minimum atomic E-state index is -4.74. The van der Waals surface area contributed by atoms with Crippen LogP contribution >= 0.6 is 22.8 Å². The van der Waals surface area contributed by atoms with Gasteiger partial charge >= 0.3 is 22.8 Å². The third-order valence-corrected chi connectivity index (χ3v) is 12.1. The zero-order chi connectivity index (χ0) is 32.7. The van der Waals surface area contributed by atoms with Crippen molar-refractivity contribution < 1.29 is 43.1 Å². The highest BCUT2D eigenvalue weighted by Crippen LogP contribution is 2.48. The van der Waals surface area contributed by atoms with E-state index in [0.29, 0.717) is 16.7 Å². The third-order valence-electron chi connectivity index (χ3n) is 8.24. The maximum absolute atomic E-state index is 12.9. The van der Waals surface area contributed by atoms with Gasteiger partial charge in [0.15, 0.2) is 0 Å². The van der Waals surface area contributed by atoms with Crippen molar-refractivity contribution in [1.82, 2.24) is 14.7 Å². The van der Waals surface area contributed by atoms with Gasteiger partial charge in [0, 0.05) is 39.3 Å². The molecule has 3 aromatic carbocycles. The van der Waals surface area contributed by atoms with Crippen LogP contribution < -0.4 is 0 Å². The Morgan fingerprint density at radius 3 is 0.800 bits per heavy atom. The van der Waals surface area contributed by atoms with E-state index in [2.05, 4.69) is 0 Å². The molecule has 246 valence electrons. The molecule has 3 unspecified atom stereocenters. The molecule has 15 heteroatoms. The van der Waals surface area contributed by atoms with Crippen LogP contribution in [0, 0.1) is 0 Å². The predicted molar refractivity (Wildman–Crippen MR) is 173 cm³/mol. The van der Waals surface area contributed by atoms with Gasteiger partial charge in [-0.25, -0.2) is 0 Å². The molecule has 1 saturated heterocycles. The molecule has 0 aromatic heterocycles. The molecule has 6 N–H and O–H groups in total. The van der Waals surface area contributed by atoms with E-state index >= 15 is 0 Å². The van der Waals surface area contributed by atoms with Gasteiger partial charge in [-0.15, -0.1) is 0 Å². The Bertz CT molecular complexity index is 1290. The maximum atomic E-state index is 12.9. The summed E-state index contributed by atoms with van der Waals surface area (Å²) >= 11 is 0. The Labute approximate surface area is 263 Å². The Morgan fingerprint density at radius 1 is 0.422 bits per heavy atom. The summed E-state index contributed by atoms with van der Waals surface area (Å²) in [7, 11) is -14.2. The fourth-order valence-electron chi connectivity index (χ4n) is 5.86. The monoisotopic (exact) mass is 681 g/mol. The predicted octanol–water partition coefficient (Wildman–Crippen LogP) is 3.15. The molecule has 0 aliphatic carbocycles. The normalized spacial score (nSPS) is 18.8. The van der Waals surface area contributed by atoms with Crippen molar-refractivity contribution in [2.24, 2.45) is 0 Å².